The summed E-state index contributed by atoms with van der Waals surface area (Å²) in [5.41, 5.74) is -1.96. The summed E-state index contributed by atoms with van der Waals surface area (Å²) in [7, 11) is 0. The minimum Gasteiger partial charge on any atom is -0.300 e. The third kappa shape index (κ3) is 3.24. The smallest absolute Gasteiger partial charge is 0.300 e. The predicted molar refractivity (Wildman–Crippen MR) is 44.2 cm³/mol. The fourth-order valence-corrected chi connectivity index (χ4v) is 1.25. The zero-order chi connectivity index (χ0) is 15.2. The van der Waals surface area contributed by atoms with Crippen molar-refractivity contribution in [3.63, 3.8) is 0 Å². The lowest BCUT2D eigenvalue weighted by Crippen LogP contribution is -2.16. The number of rotatable bonds is 0. The summed E-state index contributed by atoms with van der Waals surface area (Å²) < 4.78 is 111. The van der Waals surface area contributed by atoms with Crippen LogP contribution in [0.3, 0.4) is 0 Å². The molecule has 1 nitrogen and oxygen atoms in total. The largest absolute Gasteiger partial charge is 0.418 e. The van der Waals surface area contributed by atoms with E-state index in [0.29, 0.717) is 0 Å². The highest BCUT2D eigenvalue weighted by Gasteiger charge is 2.44. The Morgan fingerprint density at radius 3 is 1.16 bits per heavy atom. The molecule has 19 heavy (non-hydrogen) atoms. The Labute approximate surface area is 99.4 Å². The molecular formula is C9H3F9N. The highest BCUT2D eigenvalue weighted by atomic mass is 19.4. The monoisotopic (exact) mass is 296 g/mol. The van der Waals surface area contributed by atoms with Gasteiger partial charge in [0.2, 0.25) is 0 Å². The summed E-state index contributed by atoms with van der Waals surface area (Å²) in [4.78, 5) is 0. The lowest BCUT2D eigenvalue weighted by atomic mass is 10.0. The van der Waals surface area contributed by atoms with E-state index in [1.54, 1.807) is 0 Å². The van der Waals surface area contributed by atoms with Gasteiger partial charge in [-0.1, -0.05) is 0 Å². The standard InChI is InChI=1S/C9H3F9N/c10-7(11,12)3-1-4(8(13,14)15)6(19)5(2-3)9(16,17)18/h1-2,19H. The van der Waals surface area contributed by atoms with E-state index < -0.39 is 53.0 Å². The molecule has 1 aromatic carbocycles. The van der Waals surface area contributed by atoms with Crippen molar-refractivity contribution in [2.45, 2.75) is 18.5 Å². The van der Waals surface area contributed by atoms with E-state index >= 15 is 0 Å². The van der Waals surface area contributed by atoms with Crippen molar-refractivity contribution in [2.75, 3.05) is 0 Å². The Kier molecular flexibility index (Phi) is 3.42. The predicted octanol–water partition coefficient (Wildman–Crippen LogP) is 4.66. The normalized spacial score (nSPS) is 13.7. The fourth-order valence-electron chi connectivity index (χ4n) is 1.25. The third-order valence-corrected chi connectivity index (χ3v) is 2.08. The molecule has 107 valence electrons. The van der Waals surface area contributed by atoms with Crippen molar-refractivity contribution in [2.24, 2.45) is 0 Å². The summed E-state index contributed by atoms with van der Waals surface area (Å²) in [6.07, 6.45) is -16.4. The SMILES string of the molecule is [NH]c1c(C(F)(F)F)cc(C(F)(F)F)cc1C(F)(F)F. The summed E-state index contributed by atoms with van der Waals surface area (Å²) >= 11 is 0. The molecule has 0 fully saturated rings. The first-order chi connectivity index (χ1) is 8.24. The average molecular weight is 296 g/mol. The molecule has 0 heterocycles. The van der Waals surface area contributed by atoms with Crippen LogP contribution in [-0.2, 0) is 18.5 Å². The van der Waals surface area contributed by atoms with E-state index in [9.17, 15) is 39.5 Å². The average Bonchev–Trinajstić information content (AvgIpc) is 2.11. The van der Waals surface area contributed by atoms with Gasteiger partial charge >= 0.3 is 18.5 Å². The molecule has 0 aliphatic carbocycles. The second kappa shape index (κ2) is 4.20. The van der Waals surface area contributed by atoms with Gasteiger partial charge in [0.15, 0.2) is 0 Å². The highest BCUT2D eigenvalue weighted by Crippen LogP contribution is 2.45. The van der Waals surface area contributed by atoms with Crippen LogP contribution in [0.4, 0.5) is 45.2 Å². The number of halogens is 9. The van der Waals surface area contributed by atoms with E-state index in [1.807, 2.05) is 0 Å². The van der Waals surface area contributed by atoms with Crippen LogP contribution in [0.25, 0.3) is 0 Å². The molecule has 0 aromatic heterocycles. The highest BCUT2D eigenvalue weighted by molar-refractivity contribution is 5.56. The zero-order valence-corrected chi connectivity index (χ0v) is 8.56. The molecule has 1 radical (unpaired) electrons. The molecule has 0 amide bonds. The number of alkyl halides is 9. The van der Waals surface area contributed by atoms with E-state index in [1.165, 1.54) is 0 Å². The van der Waals surface area contributed by atoms with Gasteiger partial charge in [-0.2, -0.15) is 39.5 Å². The molecule has 0 saturated carbocycles. The van der Waals surface area contributed by atoms with Crippen LogP contribution in [0, 0.1) is 0 Å². The van der Waals surface area contributed by atoms with Crippen molar-refractivity contribution in [3.05, 3.63) is 28.8 Å². The van der Waals surface area contributed by atoms with Crippen molar-refractivity contribution in [1.82, 2.24) is 5.73 Å². The van der Waals surface area contributed by atoms with Gasteiger partial charge < -0.3 is 0 Å². The molecule has 0 aliphatic rings. The maximum absolute atomic E-state index is 12.3. The maximum Gasteiger partial charge on any atom is 0.418 e. The Bertz CT molecular complexity index is 445. The van der Waals surface area contributed by atoms with Crippen molar-refractivity contribution >= 4 is 5.69 Å². The lowest BCUT2D eigenvalue weighted by molar-refractivity contribution is -0.147. The van der Waals surface area contributed by atoms with Crippen LogP contribution in [0.2, 0.25) is 0 Å². The summed E-state index contributed by atoms with van der Waals surface area (Å²) in [6.45, 7) is 0. The van der Waals surface area contributed by atoms with E-state index in [4.69, 9.17) is 5.73 Å². The Morgan fingerprint density at radius 2 is 0.947 bits per heavy atom. The second-order valence-electron chi connectivity index (χ2n) is 3.44. The van der Waals surface area contributed by atoms with Gasteiger partial charge in [0.1, 0.15) is 0 Å². The Balaban J connectivity index is 3.68. The minimum atomic E-state index is -5.49. The van der Waals surface area contributed by atoms with Gasteiger partial charge in [-0.05, 0) is 12.1 Å². The van der Waals surface area contributed by atoms with Gasteiger partial charge in [0.25, 0.3) is 0 Å². The third-order valence-electron chi connectivity index (χ3n) is 2.08. The fraction of sp³-hybridized carbons (Fsp3) is 0.333. The topological polar surface area (TPSA) is 23.8 Å². The summed E-state index contributed by atoms with van der Waals surface area (Å²) in [5.74, 6) is 0. The van der Waals surface area contributed by atoms with Gasteiger partial charge in [-0.15, -0.1) is 0 Å². The van der Waals surface area contributed by atoms with E-state index in [0.717, 1.165) is 0 Å². The first kappa shape index (κ1) is 15.4. The molecule has 0 bridgehead atoms. The molecule has 0 atom stereocenters. The van der Waals surface area contributed by atoms with E-state index in [2.05, 4.69) is 0 Å². The number of hydrogen-bond acceptors (Lipinski definition) is 0. The van der Waals surface area contributed by atoms with E-state index in [-0.39, 0.29) is 0 Å². The van der Waals surface area contributed by atoms with Crippen LogP contribution in [0.5, 0.6) is 0 Å². The van der Waals surface area contributed by atoms with Gasteiger partial charge in [-0.25, -0.2) is 0 Å². The Hall–Kier alpha value is -1.61. The van der Waals surface area contributed by atoms with Crippen LogP contribution in [0.1, 0.15) is 16.7 Å². The van der Waals surface area contributed by atoms with Gasteiger partial charge in [0.05, 0.1) is 22.4 Å². The van der Waals surface area contributed by atoms with Gasteiger partial charge in [-0.3, -0.25) is 5.73 Å². The number of benzene rings is 1. The molecule has 1 N–H and O–H groups in total. The van der Waals surface area contributed by atoms with Crippen molar-refractivity contribution in [3.8, 4) is 0 Å². The molecule has 0 spiro atoms. The molecule has 0 aliphatic heterocycles. The molecule has 0 saturated heterocycles. The van der Waals surface area contributed by atoms with Crippen molar-refractivity contribution in [1.29, 1.82) is 0 Å². The number of nitrogens with one attached hydrogen (secondary N) is 1. The summed E-state index contributed by atoms with van der Waals surface area (Å²) in [5, 5.41) is 0. The van der Waals surface area contributed by atoms with Crippen LogP contribution in [-0.4, -0.2) is 0 Å². The first-order valence-electron chi connectivity index (χ1n) is 4.36. The molecule has 0 unspecified atom stereocenters. The first-order valence-corrected chi connectivity index (χ1v) is 4.36. The summed E-state index contributed by atoms with van der Waals surface area (Å²) in [6, 6.07) is -1.03. The maximum atomic E-state index is 12.3. The molecule has 1 rings (SSSR count). The molecular weight excluding hydrogens is 293 g/mol. The zero-order valence-electron chi connectivity index (χ0n) is 8.56. The van der Waals surface area contributed by atoms with Crippen LogP contribution in [0.15, 0.2) is 12.1 Å². The van der Waals surface area contributed by atoms with Crippen LogP contribution >= 0.6 is 0 Å². The minimum absolute atomic E-state index is 0.516. The van der Waals surface area contributed by atoms with Crippen LogP contribution < -0.4 is 5.73 Å². The van der Waals surface area contributed by atoms with Gasteiger partial charge in [0, 0.05) is 0 Å². The Morgan fingerprint density at radius 1 is 0.632 bits per heavy atom. The second-order valence-corrected chi connectivity index (χ2v) is 3.44. The quantitative estimate of drug-likeness (QED) is 0.622. The molecule has 10 heteroatoms. The van der Waals surface area contributed by atoms with Crippen molar-refractivity contribution < 1.29 is 39.5 Å². The molecule has 1 aromatic rings. The lowest BCUT2D eigenvalue weighted by Gasteiger charge is -2.18. The number of hydrogen-bond donors (Lipinski definition) is 0.